The third kappa shape index (κ3) is 2.71. The van der Waals surface area contributed by atoms with Gasteiger partial charge in [-0.1, -0.05) is 0 Å². The molecular weight excluding hydrogens is 320 g/mol. The van der Waals surface area contributed by atoms with Crippen LogP contribution in [0.2, 0.25) is 0 Å². The Morgan fingerprint density at radius 1 is 1.26 bits per heavy atom. The van der Waals surface area contributed by atoms with Gasteiger partial charge in [0.05, 0.1) is 16.2 Å². The monoisotopic (exact) mass is 337 g/mol. The number of thiophene rings is 1. The average Bonchev–Trinajstić information content (AvgIpc) is 2.86. The van der Waals surface area contributed by atoms with E-state index >= 15 is 0 Å². The largest absolute Gasteiger partial charge is 0.498 e. The van der Waals surface area contributed by atoms with E-state index in [0.717, 1.165) is 4.70 Å². The van der Waals surface area contributed by atoms with Gasteiger partial charge in [-0.25, -0.2) is 9.18 Å². The van der Waals surface area contributed by atoms with Gasteiger partial charge in [0.1, 0.15) is 5.82 Å². The van der Waals surface area contributed by atoms with E-state index in [0.29, 0.717) is 15.9 Å². The molecule has 1 fully saturated rings. The first-order valence-corrected chi connectivity index (χ1v) is 8.00. The Kier molecular flexibility index (Phi) is 3.66. The number of hydrogen-bond donors (Lipinski definition) is 2. The molecule has 0 saturated carbocycles. The van der Waals surface area contributed by atoms with Crippen molar-refractivity contribution in [2.24, 2.45) is 0 Å². The second kappa shape index (κ2) is 5.19. The predicted molar refractivity (Wildman–Crippen MR) is 89.1 cm³/mol. The smallest absolute Gasteiger partial charge is 0.465 e. The zero-order valence-corrected chi connectivity index (χ0v) is 14.1. The van der Waals surface area contributed by atoms with Crippen molar-refractivity contribution < 1.29 is 23.6 Å². The van der Waals surface area contributed by atoms with Gasteiger partial charge in [-0.2, -0.15) is 0 Å². The molecule has 0 aliphatic carbocycles. The minimum atomic E-state index is -1.16. The standard InChI is InChI=1S/C15H17BFNO4S/c1-14(2)15(3,4)22-16(21-14)12-8-7-11(18-13(19)20)23-10(8)6-5-9(12)17/h5-7,18H,1-4H3,(H,19,20). The van der Waals surface area contributed by atoms with Crippen LogP contribution in [0.5, 0.6) is 0 Å². The number of carbonyl (C=O) groups is 1. The molecule has 0 spiro atoms. The Labute approximate surface area is 137 Å². The minimum Gasteiger partial charge on any atom is -0.465 e. The van der Waals surface area contributed by atoms with E-state index in [1.54, 1.807) is 12.1 Å². The highest BCUT2D eigenvalue weighted by Crippen LogP contribution is 2.38. The summed E-state index contributed by atoms with van der Waals surface area (Å²) in [5.74, 6) is -0.435. The van der Waals surface area contributed by atoms with Crippen molar-refractivity contribution in [1.82, 2.24) is 0 Å². The second-order valence-electron chi connectivity index (χ2n) is 6.50. The normalized spacial score (nSPS) is 19.3. The van der Waals surface area contributed by atoms with E-state index in [1.165, 1.54) is 17.4 Å². The second-order valence-corrected chi connectivity index (χ2v) is 7.59. The number of benzene rings is 1. The summed E-state index contributed by atoms with van der Waals surface area (Å²) < 4.78 is 27.1. The van der Waals surface area contributed by atoms with Crippen molar-refractivity contribution in [3.05, 3.63) is 24.0 Å². The summed E-state index contributed by atoms with van der Waals surface area (Å²) in [6.07, 6.45) is -1.16. The maximum atomic E-state index is 14.5. The van der Waals surface area contributed by atoms with E-state index < -0.39 is 30.2 Å². The molecule has 5 nitrogen and oxygen atoms in total. The summed E-state index contributed by atoms with van der Waals surface area (Å²) >= 11 is 1.24. The van der Waals surface area contributed by atoms with Crippen molar-refractivity contribution in [3.8, 4) is 0 Å². The molecule has 0 unspecified atom stereocenters. The fourth-order valence-electron chi connectivity index (χ4n) is 2.47. The third-order valence-electron chi connectivity index (χ3n) is 4.41. The van der Waals surface area contributed by atoms with Gasteiger partial charge < -0.3 is 14.4 Å². The Balaban J connectivity index is 2.08. The van der Waals surface area contributed by atoms with Gasteiger partial charge in [0, 0.05) is 10.2 Å². The van der Waals surface area contributed by atoms with Gasteiger partial charge in [0.2, 0.25) is 0 Å². The van der Waals surface area contributed by atoms with E-state index in [1.807, 2.05) is 27.7 Å². The minimum absolute atomic E-state index is 0.302. The van der Waals surface area contributed by atoms with Crippen LogP contribution in [-0.4, -0.2) is 29.5 Å². The van der Waals surface area contributed by atoms with Gasteiger partial charge in [-0.15, -0.1) is 11.3 Å². The van der Waals surface area contributed by atoms with Crippen LogP contribution < -0.4 is 10.8 Å². The molecule has 1 amide bonds. The average molecular weight is 337 g/mol. The maximum absolute atomic E-state index is 14.5. The quantitative estimate of drug-likeness (QED) is 0.824. The van der Waals surface area contributed by atoms with Crippen molar-refractivity contribution in [2.45, 2.75) is 38.9 Å². The molecule has 2 aromatic rings. The van der Waals surface area contributed by atoms with Crippen LogP contribution in [0.3, 0.4) is 0 Å². The molecule has 1 aliphatic rings. The molecule has 0 atom stereocenters. The van der Waals surface area contributed by atoms with Crippen LogP contribution in [0, 0.1) is 5.82 Å². The summed E-state index contributed by atoms with van der Waals surface area (Å²) in [4.78, 5) is 10.8. The summed E-state index contributed by atoms with van der Waals surface area (Å²) in [6.45, 7) is 7.60. The van der Waals surface area contributed by atoms with Crippen molar-refractivity contribution >= 4 is 45.1 Å². The predicted octanol–water partition coefficient (Wildman–Crippen LogP) is 3.43. The molecule has 2 N–H and O–H groups in total. The molecule has 8 heteroatoms. The molecular formula is C15H17BFNO4S. The molecule has 2 heterocycles. The van der Waals surface area contributed by atoms with Crippen molar-refractivity contribution in [2.75, 3.05) is 5.32 Å². The fraction of sp³-hybridized carbons (Fsp3) is 0.400. The van der Waals surface area contributed by atoms with E-state index in [4.69, 9.17) is 14.4 Å². The Hall–Kier alpha value is -1.64. The number of amides is 1. The summed E-state index contributed by atoms with van der Waals surface area (Å²) in [5, 5.41) is 12.2. The molecule has 0 radical (unpaired) electrons. The number of carboxylic acid groups (broad SMARTS) is 1. The highest BCUT2D eigenvalue weighted by molar-refractivity contribution is 7.23. The number of nitrogens with one attached hydrogen (secondary N) is 1. The molecule has 1 aromatic carbocycles. The lowest BCUT2D eigenvalue weighted by molar-refractivity contribution is 0.00578. The molecule has 1 saturated heterocycles. The molecule has 0 bridgehead atoms. The molecule has 3 rings (SSSR count). The van der Waals surface area contributed by atoms with E-state index in [9.17, 15) is 9.18 Å². The summed E-state index contributed by atoms with van der Waals surface area (Å²) in [6, 6.07) is 4.58. The third-order valence-corrected chi connectivity index (χ3v) is 5.42. The SMILES string of the molecule is CC1(C)OB(c2c(F)ccc3sc(NC(=O)O)cc23)OC1(C)C. The van der Waals surface area contributed by atoms with Crippen LogP contribution >= 0.6 is 11.3 Å². The topological polar surface area (TPSA) is 67.8 Å². The number of hydrogen-bond acceptors (Lipinski definition) is 4. The van der Waals surface area contributed by atoms with Crippen LogP contribution in [0.25, 0.3) is 10.1 Å². The van der Waals surface area contributed by atoms with Gasteiger partial charge in [0.25, 0.3) is 0 Å². The number of anilines is 1. The fourth-order valence-corrected chi connectivity index (χ4v) is 3.44. The van der Waals surface area contributed by atoms with Gasteiger partial charge in [-0.05, 0) is 51.3 Å². The van der Waals surface area contributed by atoms with Crippen LogP contribution in [0.15, 0.2) is 18.2 Å². The highest BCUT2D eigenvalue weighted by Gasteiger charge is 2.52. The summed E-state index contributed by atoms with van der Waals surface area (Å²) in [7, 11) is -0.837. The molecule has 1 aromatic heterocycles. The van der Waals surface area contributed by atoms with E-state index in [2.05, 4.69) is 5.32 Å². The first-order valence-electron chi connectivity index (χ1n) is 7.18. The molecule has 122 valence electrons. The van der Waals surface area contributed by atoms with Crippen LogP contribution in [-0.2, 0) is 9.31 Å². The van der Waals surface area contributed by atoms with Crippen LogP contribution in [0.1, 0.15) is 27.7 Å². The van der Waals surface area contributed by atoms with E-state index in [-0.39, 0.29) is 0 Å². The number of fused-ring (bicyclic) bond motifs is 1. The van der Waals surface area contributed by atoms with Gasteiger partial charge in [-0.3, -0.25) is 5.32 Å². The first kappa shape index (κ1) is 16.2. The van der Waals surface area contributed by atoms with Crippen molar-refractivity contribution in [1.29, 1.82) is 0 Å². The lowest BCUT2D eigenvalue weighted by Gasteiger charge is -2.32. The zero-order valence-electron chi connectivity index (χ0n) is 13.3. The lowest BCUT2D eigenvalue weighted by Crippen LogP contribution is -2.41. The van der Waals surface area contributed by atoms with Crippen molar-refractivity contribution in [3.63, 3.8) is 0 Å². The Bertz CT molecular complexity index is 773. The van der Waals surface area contributed by atoms with Gasteiger partial charge in [0.15, 0.2) is 0 Å². The molecule has 1 aliphatic heterocycles. The Morgan fingerprint density at radius 3 is 2.43 bits per heavy atom. The summed E-state index contributed by atoms with van der Waals surface area (Å²) in [5.41, 5.74) is -0.856. The lowest BCUT2D eigenvalue weighted by atomic mass is 9.76. The first-order chi connectivity index (χ1) is 10.6. The van der Waals surface area contributed by atoms with Gasteiger partial charge >= 0.3 is 13.2 Å². The zero-order chi connectivity index (χ0) is 17.0. The molecule has 23 heavy (non-hydrogen) atoms. The Morgan fingerprint density at radius 2 is 1.87 bits per heavy atom. The highest BCUT2D eigenvalue weighted by atomic mass is 32.1. The number of halogens is 1. The van der Waals surface area contributed by atoms with Crippen LogP contribution in [0.4, 0.5) is 14.2 Å². The maximum Gasteiger partial charge on any atom is 0.498 e. The number of rotatable bonds is 2.